The molecular formula is C14H19N3O5. The summed E-state index contributed by atoms with van der Waals surface area (Å²) in [5, 5.41) is 15.9. The molecule has 8 heteroatoms. The van der Waals surface area contributed by atoms with Crippen LogP contribution < -0.4 is 15.4 Å². The Labute approximate surface area is 128 Å². The summed E-state index contributed by atoms with van der Waals surface area (Å²) in [6, 6.07) is 2.94. The van der Waals surface area contributed by atoms with Crippen molar-refractivity contribution in [1.29, 1.82) is 0 Å². The number of benzene rings is 1. The number of hydrogen-bond donors (Lipinski definition) is 2. The normalized spacial score (nSPS) is 11.4. The van der Waals surface area contributed by atoms with Gasteiger partial charge in [-0.05, 0) is 19.4 Å². The Kier molecular flexibility index (Phi) is 6.30. The van der Waals surface area contributed by atoms with Gasteiger partial charge in [0.05, 0.1) is 17.6 Å². The van der Waals surface area contributed by atoms with Gasteiger partial charge in [-0.3, -0.25) is 19.7 Å². The van der Waals surface area contributed by atoms with Crippen molar-refractivity contribution in [3.63, 3.8) is 0 Å². The average molecular weight is 309 g/mol. The van der Waals surface area contributed by atoms with Gasteiger partial charge in [-0.25, -0.2) is 0 Å². The van der Waals surface area contributed by atoms with Gasteiger partial charge in [0.2, 0.25) is 5.91 Å². The molecule has 0 saturated carbocycles. The topological polar surface area (TPSA) is 111 Å². The summed E-state index contributed by atoms with van der Waals surface area (Å²) >= 11 is 0. The summed E-state index contributed by atoms with van der Waals surface area (Å²) in [5.74, 6) is -0.733. The second-order valence-electron chi connectivity index (χ2n) is 4.63. The van der Waals surface area contributed by atoms with Gasteiger partial charge in [-0.1, -0.05) is 6.92 Å². The van der Waals surface area contributed by atoms with Crippen molar-refractivity contribution in [1.82, 2.24) is 10.6 Å². The molecule has 0 aromatic heterocycles. The van der Waals surface area contributed by atoms with E-state index in [0.29, 0.717) is 6.54 Å². The molecule has 0 aliphatic rings. The number of carbonyl (C=O) groups excluding carboxylic acids is 2. The fourth-order valence-corrected chi connectivity index (χ4v) is 1.73. The molecule has 0 unspecified atom stereocenters. The van der Waals surface area contributed by atoms with E-state index < -0.39 is 16.9 Å². The van der Waals surface area contributed by atoms with Gasteiger partial charge < -0.3 is 15.4 Å². The second-order valence-corrected chi connectivity index (χ2v) is 4.63. The smallest absolute Gasteiger partial charge is 0.270 e. The molecule has 120 valence electrons. The lowest BCUT2D eigenvalue weighted by Gasteiger charge is -2.15. The largest absolute Gasteiger partial charge is 0.496 e. The number of methoxy groups -OCH3 is 1. The number of nitrogens with zero attached hydrogens (tertiary/aromatic N) is 1. The highest BCUT2D eigenvalue weighted by atomic mass is 16.6. The van der Waals surface area contributed by atoms with Crippen LogP contribution in [-0.2, 0) is 4.79 Å². The molecule has 0 fully saturated rings. The summed E-state index contributed by atoms with van der Waals surface area (Å²) in [4.78, 5) is 34.1. The monoisotopic (exact) mass is 309 g/mol. The van der Waals surface area contributed by atoms with Crippen LogP contribution in [0, 0.1) is 10.1 Å². The fraction of sp³-hybridized carbons (Fsp3) is 0.429. The number of non-ortho nitro benzene ring substituents is 1. The molecular weight excluding hydrogens is 290 g/mol. The van der Waals surface area contributed by atoms with Crippen molar-refractivity contribution >= 4 is 17.5 Å². The number of nitro groups is 1. The van der Waals surface area contributed by atoms with Crippen LogP contribution in [0.3, 0.4) is 0 Å². The highest BCUT2D eigenvalue weighted by molar-refractivity contribution is 6.00. The molecule has 1 atom stereocenters. The third-order valence-corrected chi connectivity index (χ3v) is 2.93. The second kappa shape index (κ2) is 7.96. The third kappa shape index (κ3) is 4.44. The lowest BCUT2D eigenvalue weighted by Crippen LogP contribution is -2.45. The molecule has 0 aliphatic heterocycles. The number of nitrogens with one attached hydrogen (secondary N) is 2. The first kappa shape index (κ1) is 17.4. The van der Waals surface area contributed by atoms with Gasteiger partial charge in [0.1, 0.15) is 11.8 Å². The first-order chi connectivity index (χ1) is 10.4. The molecule has 0 saturated heterocycles. The first-order valence-corrected chi connectivity index (χ1v) is 6.81. The predicted molar refractivity (Wildman–Crippen MR) is 79.9 cm³/mol. The van der Waals surface area contributed by atoms with Crippen LogP contribution in [0.2, 0.25) is 0 Å². The van der Waals surface area contributed by atoms with E-state index in [2.05, 4.69) is 10.6 Å². The lowest BCUT2D eigenvalue weighted by molar-refractivity contribution is -0.384. The van der Waals surface area contributed by atoms with Crippen LogP contribution in [0.5, 0.6) is 5.75 Å². The van der Waals surface area contributed by atoms with E-state index in [1.54, 1.807) is 0 Å². The first-order valence-electron chi connectivity index (χ1n) is 6.81. The summed E-state index contributed by atoms with van der Waals surface area (Å²) in [7, 11) is 1.36. The lowest BCUT2D eigenvalue weighted by atomic mass is 10.1. The Balaban J connectivity index is 2.90. The summed E-state index contributed by atoms with van der Waals surface area (Å²) in [5.41, 5.74) is -0.221. The summed E-state index contributed by atoms with van der Waals surface area (Å²) < 4.78 is 5.02. The Morgan fingerprint density at radius 3 is 2.64 bits per heavy atom. The van der Waals surface area contributed by atoms with Crippen molar-refractivity contribution in [3.8, 4) is 5.75 Å². The van der Waals surface area contributed by atoms with E-state index in [9.17, 15) is 19.7 Å². The van der Waals surface area contributed by atoms with Crippen molar-refractivity contribution in [3.05, 3.63) is 33.9 Å². The number of rotatable bonds is 7. The molecule has 22 heavy (non-hydrogen) atoms. The minimum Gasteiger partial charge on any atom is -0.496 e. The highest BCUT2D eigenvalue weighted by Gasteiger charge is 2.21. The Hall–Kier alpha value is -2.64. The van der Waals surface area contributed by atoms with Crippen LogP contribution in [-0.4, -0.2) is 36.4 Å². The zero-order chi connectivity index (χ0) is 16.7. The van der Waals surface area contributed by atoms with E-state index >= 15 is 0 Å². The van der Waals surface area contributed by atoms with E-state index in [1.807, 2.05) is 6.92 Å². The maximum atomic E-state index is 12.2. The Morgan fingerprint density at radius 2 is 2.09 bits per heavy atom. The van der Waals surface area contributed by atoms with Gasteiger partial charge in [0, 0.05) is 18.7 Å². The molecule has 2 N–H and O–H groups in total. The standard InChI is InChI=1S/C14H19N3O5/c1-4-7-15-13(18)9(2)16-14(19)11-8-10(17(20)21)5-6-12(11)22-3/h5-6,8-9H,4,7H2,1-3H3,(H,15,18)(H,16,19)/t9-/m0/s1. The van der Waals surface area contributed by atoms with E-state index in [4.69, 9.17) is 4.74 Å². The molecule has 8 nitrogen and oxygen atoms in total. The molecule has 0 spiro atoms. The van der Waals surface area contributed by atoms with Gasteiger partial charge >= 0.3 is 0 Å². The highest BCUT2D eigenvalue weighted by Crippen LogP contribution is 2.23. The van der Waals surface area contributed by atoms with E-state index in [1.165, 1.54) is 26.2 Å². The Bertz CT molecular complexity index is 574. The molecule has 1 aromatic rings. The average Bonchev–Trinajstić information content (AvgIpc) is 2.51. The maximum absolute atomic E-state index is 12.2. The quantitative estimate of drug-likeness (QED) is 0.581. The minimum atomic E-state index is -0.761. The van der Waals surface area contributed by atoms with Crippen molar-refractivity contribution in [2.24, 2.45) is 0 Å². The van der Waals surface area contributed by atoms with Crippen molar-refractivity contribution in [2.45, 2.75) is 26.3 Å². The van der Waals surface area contributed by atoms with Gasteiger partial charge in [0.25, 0.3) is 11.6 Å². The van der Waals surface area contributed by atoms with E-state index in [0.717, 1.165) is 12.5 Å². The molecule has 0 aliphatic carbocycles. The third-order valence-electron chi connectivity index (χ3n) is 2.93. The van der Waals surface area contributed by atoms with Crippen LogP contribution >= 0.6 is 0 Å². The van der Waals surface area contributed by atoms with E-state index in [-0.39, 0.29) is 22.9 Å². The number of hydrogen-bond acceptors (Lipinski definition) is 5. The molecule has 1 aromatic carbocycles. The fourth-order valence-electron chi connectivity index (χ4n) is 1.73. The van der Waals surface area contributed by atoms with Crippen LogP contribution in [0.1, 0.15) is 30.6 Å². The van der Waals surface area contributed by atoms with Gasteiger partial charge in [0.15, 0.2) is 0 Å². The number of ether oxygens (including phenoxy) is 1. The zero-order valence-corrected chi connectivity index (χ0v) is 12.7. The number of amides is 2. The molecule has 0 radical (unpaired) electrons. The SMILES string of the molecule is CCCNC(=O)[C@H](C)NC(=O)c1cc([N+](=O)[O-])ccc1OC. The number of nitro benzene ring substituents is 1. The van der Waals surface area contributed by atoms with Crippen molar-refractivity contribution < 1.29 is 19.2 Å². The number of carbonyl (C=O) groups is 2. The van der Waals surface area contributed by atoms with Crippen LogP contribution in [0.25, 0.3) is 0 Å². The summed E-state index contributed by atoms with van der Waals surface area (Å²) in [6.45, 7) is 3.96. The Morgan fingerprint density at radius 1 is 1.41 bits per heavy atom. The van der Waals surface area contributed by atoms with Gasteiger partial charge in [-0.2, -0.15) is 0 Å². The molecule has 1 rings (SSSR count). The molecule has 0 heterocycles. The predicted octanol–water partition coefficient (Wildman–Crippen LogP) is 1.25. The molecule has 0 bridgehead atoms. The van der Waals surface area contributed by atoms with Crippen LogP contribution in [0.15, 0.2) is 18.2 Å². The van der Waals surface area contributed by atoms with Crippen molar-refractivity contribution in [2.75, 3.05) is 13.7 Å². The minimum absolute atomic E-state index is 0.00633. The van der Waals surface area contributed by atoms with Gasteiger partial charge in [-0.15, -0.1) is 0 Å². The summed E-state index contributed by atoms with van der Waals surface area (Å²) in [6.07, 6.45) is 0.783. The zero-order valence-electron chi connectivity index (χ0n) is 12.7. The molecule has 2 amide bonds. The maximum Gasteiger partial charge on any atom is 0.270 e. The van der Waals surface area contributed by atoms with Crippen LogP contribution in [0.4, 0.5) is 5.69 Å².